The molecule has 106 valence electrons. The van der Waals surface area contributed by atoms with Crippen molar-refractivity contribution >= 4 is 52.6 Å². The normalized spacial score (nSPS) is 9.06. The van der Waals surface area contributed by atoms with Gasteiger partial charge in [0.1, 0.15) is 0 Å². The Hall–Kier alpha value is -0.720. The van der Waals surface area contributed by atoms with Crippen LogP contribution < -0.4 is 0 Å². The highest BCUT2D eigenvalue weighted by Gasteiger charge is 2.10. The van der Waals surface area contributed by atoms with E-state index in [2.05, 4.69) is 0 Å². The summed E-state index contributed by atoms with van der Waals surface area (Å²) in [6.45, 7) is 1.09. The molecule has 6 nitrogen and oxygen atoms in total. The van der Waals surface area contributed by atoms with Crippen LogP contribution in [-0.2, 0) is 14.4 Å². The van der Waals surface area contributed by atoms with Gasteiger partial charge in [-0.15, -0.1) is 34.8 Å². The summed E-state index contributed by atoms with van der Waals surface area (Å²) in [5.41, 5.74) is 0. The number of rotatable bonds is 6. The van der Waals surface area contributed by atoms with Crippen molar-refractivity contribution in [3.8, 4) is 0 Å². The molecule has 0 fully saturated rings. The summed E-state index contributed by atoms with van der Waals surface area (Å²) < 4.78 is 0. The number of halogens is 3. The first-order chi connectivity index (χ1) is 8.40. The zero-order valence-electron chi connectivity index (χ0n) is 9.44. The van der Waals surface area contributed by atoms with E-state index in [1.165, 1.54) is 0 Å². The summed E-state index contributed by atoms with van der Waals surface area (Å²) in [5.74, 6) is -2.41. The monoisotopic (exact) mass is 321 g/mol. The second-order valence-electron chi connectivity index (χ2n) is 2.81. The summed E-state index contributed by atoms with van der Waals surface area (Å²) in [6.07, 6.45) is 0.356. The molecule has 0 aromatic rings. The lowest BCUT2D eigenvalue weighted by molar-refractivity contribution is -0.159. The van der Waals surface area contributed by atoms with Crippen LogP contribution in [0.2, 0.25) is 0 Å². The van der Waals surface area contributed by atoms with Crippen LogP contribution in [0.1, 0.15) is 6.42 Å². The van der Waals surface area contributed by atoms with Crippen LogP contribution in [0.3, 0.4) is 0 Å². The highest BCUT2D eigenvalue weighted by molar-refractivity contribution is 6.27. The van der Waals surface area contributed by atoms with E-state index in [-0.39, 0.29) is 5.91 Å². The smallest absolute Gasteiger partial charge is 0.414 e. The van der Waals surface area contributed by atoms with Crippen molar-refractivity contribution in [1.82, 2.24) is 4.90 Å². The first kappa shape index (κ1) is 19.6. The quantitative estimate of drug-likeness (QED) is 0.563. The minimum absolute atomic E-state index is 0.0197. The summed E-state index contributed by atoms with van der Waals surface area (Å²) in [7, 11) is 0. The van der Waals surface area contributed by atoms with Crippen LogP contribution in [0.25, 0.3) is 0 Å². The van der Waals surface area contributed by atoms with Crippen LogP contribution >= 0.6 is 34.8 Å². The van der Waals surface area contributed by atoms with Gasteiger partial charge in [-0.1, -0.05) is 0 Å². The molecule has 0 heterocycles. The number of nitrogens with zero attached hydrogens (tertiary/aromatic N) is 1. The standard InChI is InChI=1S/C7H12Cl3NO.C2H2O4/c8-2-1-7(12)11(5-3-9)6-4-10;3-1(4)2(5)6/h1-6H2;(H,3,4)(H,5,6). The Kier molecular flexibility index (Phi) is 13.9. The van der Waals surface area contributed by atoms with E-state index in [0.717, 1.165) is 0 Å². The topological polar surface area (TPSA) is 94.9 Å². The van der Waals surface area contributed by atoms with Crippen molar-refractivity contribution < 1.29 is 24.6 Å². The van der Waals surface area contributed by atoms with Crippen molar-refractivity contribution in [2.75, 3.05) is 30.7 Å². The molecule has 0 aromatic carbocycles. The van der Waals surface area contributed by atoms with E-state index in [9.17, 15) is 4.79 Å². The Morgan fingerprint density at radius 1 is 0.833 bits per heavy atom. The molecule has 0 unspecified atom stereocenters. The predicted molar refractivity (Wildman–Crippen MR) is 68.6 cm³/mol. The van der Waals surface area contributed by atoms with Gasteiger partial charge in [-0.2, -0.15) is 0 Å². The molecule has 2 N–H and O–H groups in total. The Bertz CT molecular complexity index is 257. The van der Waals surface area contributed by atoms with E-state index in [0.29, 0.717) is 37.2 Å². The van der Waals surface area contributed by atoms with Crippen molar-refractivity contribution in [2.45, 2.75) is 6.42 Å². The number of alkyl halides is 3. The van der Waals surface area contributed by atoms with Gasteiger partial charge >= 0.3 is 11.9 Å². The lowest BCUT2D eigenvalue weighted by Gasteiger charge is -2.19. The Morgan fingerprint density at radius 2 is 1.22 bits per heavy atom. The summed E-state index contributed by atoms with van der Waals surface area (Å²) in [5, 5.41) is 14.8. The molecule has 0 saturated carbocycles. The van der Waals surface area contributed by atoms with Gasteiger partial charge in [-0.25, -0.2) is 9.59 Å². The molecule has 18 heavy (non-hydrogen) atoms. The molecular formula is C9H14Cl3NO5. The number of hydrogen-bond acceptors (Lipinski definition) is 3. The highest BCUT2D eigenvalue weighted by atomic mass is 35.5. The van der Waals surface area contributed by atoms with Crippen molar-refractivity contribution in [3.63, 3.8) is 0 Å². The zero-order chi connectivity index (χ0) is 14.6. The van der Waals surface area contributed by atoms with Gasteiger partial charge in [0.05, 0.1) is 0 Å². The van der Waals surface area contributed by atoms with Crippen molar-refractivity contribution in [2.24, 2.45) is 0 Å². The first-order valence-corrected chi connectivity index (χ1v) is 6.42. The van der Waals surface area contributed by atoms with Crippen LogP contribution in [0.4, 0.5) is 0 Å². The number of carboxylic acid groups (broad SMARTS) is 2. The van der Waals surface area contributed by atoms with Crippen molar-refractivity contribution in [3.05, 3.63) is 0 Å². The van der Waals surface area contributed by atoms with E-state index < -0.39 is 11.9 Å². The summed E-state index contributed by atoms with van der Waals surface area (Å²) in [6, 6.07) is 0. The largest absolute Gasteiger partial charge is 0.473 e. The third-order valence-electron chi connectivity index (χ3n) is 1.55. The van der Waals surface area contributed by atoms with E-state index in [1.54, 1.807) is 4.90 Å². The SMILES string of the molecule is O=C(CCCl)N(CCCl)CCCl.O=C(O)C(=O)O. The average molecular weight is 323 g/mol. The maximum Gasteiger partial charge on any atom is 0.414 e. The minimum Gasteiger partial charge on any atom is -0.473 e. The van der Waals surface area contributed by atoms with Gasteiger partial charge < -0.3 is 15.1 Å². The van der Waals surface area contributed by atoms with E-state index >= 15 is 0 Å². The molecule has 9 heteroatoms. The maximum atomic E-state index is 11.2. The number of carbonyl (C=O) groups is 3. The van der Waals surface area contributed by atoms with Gasteiger partial charge in [-0.3, -0.25) is 4.79 Å². The fourth-order valence-electron chi connectivity index (χ4n) is 0.804. The Balaban J connectivity index is 0. The van der Waals surface area contributed by atoms with Crippen LogP contribution in [0.15, 0.2) is 0 Å². The van der Waals surface area contributed by atoms with Crippen LogP contribution in [0, 0.1) is 0 Å². The van der Waals surface area contributed by atoms with Crippen LogP contribution in [0.5, 0.6) is 0 Å². The fourth-order valence-corrected chi connectivity index (χ4v) is 1.37. The van der Waals surface area contributed by atoms with Gasteiger partial charge in [0.25, 0.3) is 0 Å². The molecular weight excluding hydrogens is 308 g/mol. The molecule has 0 spiro atoms. The minimum atomic E-state index is -1.82. The molecule has 0 aliphatic rings. The molecule has 0 rings (SSSR count). The molecule has 0 aliphatic heterocycles. The number of amides is 1. The molecule has 0 atom stereocenters. The van der Waals surface area contributed by atoms with Gasteiger partial charge in [0.2, 0.25) is 5.91 Å². The van der Waals surface area contributed by atoms with Gasteiger partial charge in [-0.05, 0) is 0 Å². The Morgan fingerprint density at radius 3 is 1.44 bits per heavy atom. The molecule has 0 saturated heterocycles. The summed E-state index contributed by atoms with van der Waals surface area (Å²) >= 11 is 16.4. The van der Waals surface area contributed by atoms with Crippen LogP contribution in [-0.4, -0.2) is 63.7 Å². The number of carboxylic acids is 2. The number of hydrogen-bond donors (Lipinski definition) is 2. The third-order valence-corrected chi connectivity index (χ3v) is 2.08. The molecule has 0 aromatic heterocycles. The highest BCUT2D eigenvalue weighted by Crippen LogP contribution is 1.97. The lowest BCUT2D eigenvalue weighted by atomic mass is 10.4. The fraction of sp³-hybridized carbons (Fsp3) is 0.667. The average Bonchev–Trinajstić information content (AvgIpc) is 2.29. The molecule has 0 aliphatic carbocycles. The predicted octanol–water partition coefficient (Wildman–Crippen LogP) is 1.08. The van der Waals surface area contributed by atoms with E-state index in [4.69, 9.17) is 54.6 Å². The second-order valence-corrected chi connectivity index (χ2v) is 3.94. The van der Waals surface area contributed by atoms with Gasteiger partial charge in [0, 0.05) is 37.2 Å². The maximum absolute atomic E-state index is 11.2. The Labute approximate surface area is 119 Å². The molecule has 0 bridgehead atoms. The lowest BCUT2D eigenvalue weighted by Crippen LogP contribution is -2.34. The van der Waals surface area contributed by atoms with E-state index in [1.807, 2.05) is 0 Å². The number of aliphatic carboxylic acids is 2. The van der Waals surface area contributed by atoms with Gasteiger partial charge in [0.15, 0.2) is 0 Å². The second kappa shape index (κ2) is 12.7. The first-order valence-electron chi connectivity index (χ1n) is 4.82. The third kappa shape index (κ3) is 11.8. The summed E-state index contributed by atoms with van der Waals surface area (Å²) in [4.78, 5) is 31.1. The molecule has 0 radical (unpaired) electrons. The molecule has 1 amide bonds. The zero-order valence-corrected chi connectivity index (χ0v) is 11.7. The van der Waals surface area contributed by atoms with Crippen molar-refractivity contribution in [1.29, 1.82) is 0 Å². The number of carbonyl (C=O) groups excluding carboxylic acids is 1.